The maximum Gasteiger partial charge on any atom is 0.326 e. The summed E-state index contributed by atoms with van der Waals surface area (Å²) in [5, 5.41) is 22.9. The third kappa shape index (κ3) is 3.69. The zero-order chi connectivity index (χ0) is 13.8. The van der Waals surface area contributed by atoms with E-state index in [1.165, 1.54) is 0 Å². The molecule has 1 aliphatic heterocycles. The van der Waals surface area contributed by atoms with E-state index in [1.807, 2.05) is 0 Å². The van der Waals surface area contributed by atoms with Gasteiger partial charge in [-0.25, -0.2) is 4.79 Å². The molecule has 4 N–H and O–H groups in total. The minimum absolute atomic E-state index is 0.119. The zero-order valence-corrected chi connectivity index (χ0v) is 10.2. The minimum Gasteiger partial charge on any atom is -0.481 e. The van der Waals surface area contributed by atoms with E-state index in [4.69, 9.17) is 10.2 Å². The molecule has 1 saturated heterocycles. The smallest absolute Gasteiger partial charge is 0.326 e. The summed E-state index contributed by atoms with van der Waals surface area (Å²) in [7, 11) is 0. The van der Waals surface area contributed by atoms with Crippen LogP contribution in [-0.4, -0.2) is 46.2 Å². The van der Waals surface area contributed by atoms with Crippen molar-refractivity contribution < 1.29 is 24.6 Å². The van der Waals surface area contributed by atoms with Crippen molar-refractivity contribution in [2.24, 2.45) is 0 Å². The van der Waals surface area contributed by atoms with E-state index in [9.17, 15) is 14.4 Å². The number of rotatable bonds is 6. The molecule has 0 radical (unpaired) electrons. The lowest BCUT2D eigenvalue weighted by Gasteiger charge is -2.25. The van der Waals surface area contributed by atoms with Gasteiger partial charge in [0.25, 0.3) is 0 Å². The van der Waals surface area contributed by atoms with Crippen molar-refractivity contribution in [1.82, 2.24) is 10.6 Å². The number of carboxylic acids is 2. The third-order valence-corrected chi connectivity index (χ3v) is 3.12. The van der Waals surface area contributed by atoms with Gasteiger partial charge in [0.2, 0.25) is 5.91 Å². The first-order valence-corrected chi connectivity index (χ1v) is 5.86. The minimum atomic E-state index is -1.22. The lowest BCUT2D eigenvalue weighted by Crippen LogP contribution is -2.55. The Morgan fingerprint density at radius 2 is 2.06 bits per heavy atom. The first-order valence-electron chi connectivity index (χ1n) is 5.86. The van der Waals surface area contributed by atoms with E-state index in [1.54, 1.807) is 6.92 Å². The largest absolute Gasteiger partial charge is 0.481 e. The molecule has 1 aliphatic rings. The maximum atomic E-state index is 11.9. The summed E-state index contributed by atoms with van der Waals surface area (Å²) in [6, 6.07) is -1.16. The molecule has 0 aromatic rings. The van der Waals surface area contributed by atoms with E-state index in [0.29, 0.717) is 6.42 Å². The highest BCUT2D eigenvalue weighted by Crippen LogP contribution is 2.18. The van der Waals surface area contributed by atoms with E-state index in [2.05, 4.69) is 10.6 Å². The molecular formula is C11H18N2O5. The van der Waals surface area contributed by atoms with Crippen LogP contribution in [0.4, 0.5) is 0 Å². The average Bonchev–Trinajstić information content (AvgIpc) is 2.71. The average molecular weight is 258 g/mol. The van der Waals surface area contributed by atoms with Gasteiger partial charge in [0, 0.05) is 6.42 Å². The second-order valence-electron chi connectivity index (χ2n) is 4.66. The van der Waals surface area contributed by atoms with Gasteiger partial charge in [-0.3, -0.25) is 9.59 Å². The standard InChI is InChI=1S/C11H18N2O5/c1-11(5-2-6-12-11)10(18)13-7(9(16)17)3-4-8(14)15/h7,12H,2-6H2,1H3,(H,13,18)(H,14,15)(H,16,17). The van der Waals surface area contributed by atoms with Crippen molar-refractivity contribution >= 4 is 17.8 Å². The van der Waals surface area contributed by atoms with Crippen LogP contribution < -0.4 is 10.6 Å². The van der Waals surface area contributed by atoms with Gasteiger partial charge in [0.05, 0.1) is 5.54 Å². The molecule has 2 unspecified atom stereocenters. The highest BCUT2D eigenvalue weighted by atomic mass is 16.4. The quantitative estimate of drug-likeness (QED) is 0.513. The Labute approximate surface area is 105 Å². The fourth-order valence-corrected chi connectivity index (χ4v) is 1.93. The predicted octanol–water partition coefficient (Wildman–Crippen LogP) is -0.437. The molecule has 1 rings (SSSR count). The molecule has 0 saturated carbocycles. The van der Waals surface area contributed by atoms with Crippen molar-refractivity contribution in [3.8, 4) is 0 Å². The lowest BCUT2D eigenvalue weighted by molar-refractivity contribution is -0.144. The maximum absolute atomic E-state index is 11.9. The monoisotopic (exact) mass is 258 g/mol. The molecule has 102 valence electrons. The van der Waals surface area contributed by atoms with Crippen molar-refractivity contribution in [3.05, 3.63) is 0 Å². The Hall–Kier alpha value is -1.63. The number of hydrogen-bond acceptors (Lipinski definition) is 4. The summed E-state index contributed by atoms with van der Waals surface area (Å²) < 4.78 is 0. The molecule has 18 heavy (non-hydrogen) atoms. The normalized spacial score (nSPS) is 24.5. The van der Waals surface area contributed by atoms with Crippen LogP contribution in [0.3, 0.4) is 0 Å². The van der Waals surface area contributed by atoms with Gasteiger partial charge >= 0.3 is 11.9 Å². The molecule has 2 atom stereocenters. The number of amides is 1. The first-order chi connectivity index (χ1) is 8.35. The van der Waals surface area contributed by atoms with Crippen molar-refractivity contribution in [2.45, 2.75) is 44.2 Å². The van der Waals surface area contributed by atoms with Gasteiger partial charge in [0.1, 0.15) is 6.04 Å². The van der Waals surface area contributed by atoms with Gasteiger partial charge in [-0.05, 0) is 32.7 Å². The molecule has 1 amide bonds. The first kappa shape index (κ1) is 14.4. The summed E-state index contributed by atoms with van der Waals surface area (Å²) in [4.78, 5) is 33.3. The van der Waals surface area contributed by atoms with Gasteiger partial charge in [0.15, 0.2) is 0 Å². The highest BCUT2D eigenvalue weighted by Gasteiger charge is 2.37. The summed E-state index contributed by atoms with van der Waals surface area (Å²) in [6.45, 7) is 2.43. The molecule has 1 fully saturated rings. The highest BCUT2D eigenvalue weighted by molar-refractivity contribution is 5.90. The number of carbonyl (C=O) groups is 3. The number of hydrogen-bond donors (Lipinski definition) is 4. The van der Waals surface area contributed by atoms with Crippen LogP contribution in [-0.2, 0) is 14.4 Å². The Balaban J connectivity index is 2.57. The number of carbonyl (C=O) groups excluding carboxylic acids is 1. The Morgan fingerprint density at radius 1 is 1.39 bits per heavy atom. The Kier molecular flexibility index (Phi) is 4.66. The van der Waals surface area contributed by atoms with E-state index in [-0.39, 0.29) is 12.8 Å². The van der Waals surface area contributed by atoms with E-state index in [0.717, 1.165) is 13.0 Å². The van der Waals surface area contributed by atoms with Gasteiger partial charge in [-0.15, -0.1) is 0 Å². The van der Waals surface area contributed by atoms with Crippen molar-refractivity contribution in [2.75, 3.05) is 6.54 Å². The summed E-state index contributed by atoms with van der Waals surface area (Å²) >= 11 is 0. The summed E-state index contributed by atoms with van der Waals surface area (Å²) in [6.07, 6.45) is 1.09. The molecule has 0 aromatic carbocycles. The molecule has 0 aliphatic carbocycles. The van der Waals surface area contributed by atoms with Gasteiger partial charge in [-0.2, -0.15) is 0 Å². The van der Waals surface area contributed by atoms with Crippen molar-refractivity contribution in [1.29, 1.82) is 0 Å². The summed E-state index contributed by atoms with van der Waals surface area (Å²) in [5.74, 6) is -2.69. The van der Waals surface area contributed by atoms with Crippen molar-refractivity contribution in [3.63, 3.8) is 0 Å². The molecule has 0 spiro atoms. The topological polar surface area (TPSA) is 116 Å². The lowest BCUT2D eigenvalue weighted by atomic mass is 9.98. The second-order valence-corrected chi connectivity index (χ2v) is 4.66. The van der Waals surface area contributed by atoms with Crippen LogP contribution in [0.15, 0.2) is 0 Å². The molecule has 0 aromatic heterocycles. The van der Waals surface area contributed by atoms with Crippen LogP contribution in [0.1, 0.15) is 32.6 Å². The van der Waals surface area contributed by atoms with E-state index < -0.39 is 29.4 Å². The number of nitrogens with one attached hydrogen (secondary N) is 2. The van der Waals surface area contributed by atoms with Crippen LogP contribution in [0.2, 0.25) is 0 Å². The fraction of sp³-hybridized carbons (Fsp3) is 0.727. The van der Waals surface area contributed by atoms with Crippen LogP contribution in [0.25, 0.3) is 0 Å². The third-order valence-electron chi connectivity index (χ3n) is 3.12. The molecular weight excluding hydrogens is 240 g/mol. The Bertz CT molecular complexity index is 349. The summed E-state index contributed by atoms with van der Waals surface area (Å²) in [5.41, 5.74) is -0.753. The molecule has 0 bridgehead atoms. The molecule has 1 heterocycles. The predicted molar refractivity (Wildman–Crippen MR) is 62.1 cm³/mol. The Morgan fingerprint density at radius 3 is 2.50 bits per heavy atom. The van der Waals surface area contributed by atoms with Crippen LogP contribution in [0.5, 0.6) is 0 Å². The number of carboxylic acid groups (broad SMARTS) is 2. The number of aliphatic carboxylic acids is 2. The van der Waals surface area contributed by atoms with Crippen LogP contribution in [0, 0.1) is 0 Å². The zero-order valence-electron chi connectivity index (χ0n) is 10.2. The second kappa shape index (κ2) is 5.81. The molecule has 7 heteroatoms. The van der Waals surface area contributed by atoms with E-state index >= 15 is 0 Å². The van der Waals surface area contributed by atoms with Gasteiger partial charge < -0.3 is 20.8 Å². The van der Waals surface area contributed by atoms with Crippen LogP contribution >= 0.6 is 0 Å². The fourth-order valence-electron chi connectivity index (χ4n) is 1.93. The van der Waals surface area contributed by atoms with Gasteiger partial charge in [-0.1, -0.05) is 0 Å². The SMILES string of the molecule is CC1(C(=O)NC(CCC(=O)O)C(=O)O)CCCN1. The molecule has 7 nitrogen and oxygen atoms in total.